The van der Waals surface area contributed by atoms with Crippen LogP contribution in [-0.4, -0.2) is 14.8 Å². The van der Waals surface area contributed by atoms with Crippen molar-refractivity contribution in [1.29, 1.82) is 0 Å². The molecular weight excluding hydrogens is 317 g/mol. The van der Waals surface area contributed by atoms with Crippen molar-refractivity contribution in [2.45, 2.75) is 13.5 Å². The fourth-order valence-electron chi connectivity index (χ4n) is 1.78. The van der Waals surface area contributed by atoms with Crippen LogP contribution in [0.15, 0.2) is 18.2 Å². The first-order valence-corrected chi connectivity index (χ1v) is 6.96. The minimum Gasteiger partial charge on any atom is -0.489 e. The van der Waals surface area contributed by atoms with Crippen LogP contribution in [0.1, 0.15) is 16.8 Å². The topological polar surface area (TPSA) is 53.1 Å². The van der Waals surface area contributed by atoms with Crippen LogP contribution in [0.4, 0.5) is 0 Å². The maximum absolute atomic E-state index is 6.14. The Hall–Kier alpha value is -1.30. The molecule has 2 aromatic rings. The van der Waals surface area contributed by atoms with Gasteiger partial charge in [0.05, 0.1) is 10.7 Å². The first-order valence-electron chi connectivity index (χ1n) is 5.80. The predicted octanol–water partition coefficient (Wildman–Crippen LogP) is 3.25. The van der Waals surface area contributed by atoms with Crippen molar-refractivity contribution in [3.05, 3.63) is 45.2 Å². The fourth-order valence-corrected chi connectivity index (χ4v) is 2.51. The van der Waals surface area contributed by atoms with Gasteiger partial charge in [-0.2, -0.15) is 5.10 Å². The smallest absolute Gasteiger partial charge is 0.133 e. The van der Waals surface area contributed by atoms with E-state index in [4.69, 9.17) is 45.9 Å². The van der Waals surface area contributed by atoms with Crippen molar-refractivity contribution in [2.75, 3.05) is 0 Å². The lowest BCUT2D eigenvalue weighted by Crippen LogP contribution is -2.09. The Kier molecular flexibility index (Phi) is 4.52. The van der Waals surface area contributed by atoms with E-state index in [1.165, 1.54) is 0 Å². The van der Waals surface area contributed by atoms with Gasteiger partial charge in [-0.25, -0.2) is 0 Å². The van der Waals surface area contributed by atoms with Gasteiger partial charge in [0.25, 0.3) is 0 Å². The first-order chi connectivity index (χ1) is 9.40. The standard InChI is InChI=1S/C13H13Cl2N3OS/c1-7-10(12(15)18(2)17-7)6-19-8-3-4-9(13(16)20)11(14)5-8/h3-5H,6H2,1-2H3,(H2,16,20). The molecule has 0 atom stereocenters. The average molecular weight is 330 g/mol. The third-order valence-corrected chi connectivity index (χ3v) is 3.86. The highest BCUT2D eigenvalue weighted by Crippen LogP contribution is 2.25. The summed E-state index contributed by atoms with van der Waals surface area (Å²) < 4.78 is 7.29. The molecule has 0 bridgehead atoms. The third kappa shape index (κ3) is 3.06. The number of aryl methyl sites for hydroxylation is 2. The van der Waals surface area contributed by atoms with Crippen LogP contribution in [0, 0.1) is 6.92 Å². The molecule has 1 heterocycles. The van der Waals surface area contributed by atoms with Gasteiger partial charge in [0, 0.05) is 18.2 Å². The zero-order chi connectivity index (χ0) is 14.9. The second kappa shape index (κ2) is 5.99. The second-order valence-corrected chi connectivity index (χ2v) is 5.48. The normalized spacial score (nSPS) is 10.6. The Balaban J connectivity index is 2.15. The molecule has 0 unspecified atom stereocenters. The molecule has 0 saturated carbocycles. The molecule has 0 aliphatic heterocycles. The quantitative estimate of drug-likeness (QED) is 0.875. The van der Waals surface area contributed by atoms with Crippen LogP contribution in [0.5, 0.6) is 5.75 Å². The van der Waals surface area contributed by atoms with Crippen molar-refractivity contribution in [2.24, 2.45) is 12.8 Å². The molecule has 0 spiro atoms. The summed E-state index contributed by atoms with van der Waals surface area (Å²) in [6.07, 6.45) is 0. The van der Waals surface area contributed by atoms with Crippen LogP contribution >= 0.6 is 35.4 Å². The number of rotatable bonds is 4. The maximum atomic E-state index is 6.14. The van der Waals surface area contributed by atoms with Crippen molar-refractivity contribution in [3.8, 4) is 5.75 Å². The number of aromatic nitrogens is 2. The highest BCUT2D eigenvalue weighted by molar-refractivity contribution is 7.80. The van der Waals surface area contributed by atoms with Gasteiger partial charge in [-0.3, -0.25) is 4.68 Å². The SMILES string of the molecule is Cc1nn(C)c(Cl)c1COc1ccc(C(N)=S)c(Cl)c1. The molecule has 106 valence electrons. The highest BCUT2D eigenvalue weighted by atomic mass is 35.5. The summed E-state index contributed by atoms with van der Waals surface area (Å²) >= 11 is 17.1. The number of ether oxygens (including phenoxy) is 1. The number of hydrogen-bond acceptors (Lipinski definition) is 3. The lowest BCUT2D eigenvalue weighted by Gasteiger charge is -2.08. The minimum atomic E-state index is 0.257. The number of thiocarbonyl (C=S) groups is 1. The van der Waals surface area contributed by atoms with Gasteiger partial charge in [-0.05, 0) is 25.1 Å². The summed E-state index contributed by atoms with van der Waals surface area (Å²) in [5.41, 5.74) is 7.87. The van der Waals surface area contributed by atoms with Crippen LogP contribution in [0.25, 0.3) is 0 Å². The monoisotopic (exact) mass is 329 g/mol. The summed E-state index contributed by atoms with van der Waals surface area (Å²) in [5, 5.41) is 5.25. The van der Waals surface area contributed by atoms with Crippen molar-refractivity contribution < 1.29 is 4.74 Å². The maximum Gasteiger partial charge on any atom is 0.133 e. The summed E-state index contributed by atoms with van der Waals surface area (Å²) in [4.78, 5) is 0.257. The van der Waals surface area contributed by atoms with Gasteiger partial charge in [-0.1, -0.05) is 35.4 Å². The van der Waals surface area contributed by atoms with E-state index < -0.39 is 0 Å². The number of hydrogen-bond donors (Lipinski definition) is 1. The number of nitrogens with two attached hydrogens (primary N) is 1. The van der Waals surface area contributed by atoms with E-state index in [1.807, 2.05) is 6.92 Å². The first kappa shape index (κ1) is 15.1. The van der Waals surface area contributed by atoms with Crippen molar-refractivity contribution in [1.82, 2.24) is 9.78 Å². The molecule has 2 rings (SSSR count). The van der Waals surface area contributed by atoms with Gasteiger partial charge in [0.2, 0.25) is 0 Å². The van der Waals surface area contributed by atoms with Crippen molar-refractivity contribution in [3.63, 3.8) is 0 Å². The molecule has 4 nitrogen and oxygen atoms in total. The Morgan fingerprint density at radius 3 is 2.65 bits per heavy atom. The lowest BCUT2D eigenvalue weighted by atomic mass is 10.2. The zero-order valence-electron chi connectivity index (χ0n) is 11.0. The third-order valence-electron chi connectivity index (χ3n) is 2.86. The Bertz CT molecular complexity index is 670. The van der Waals surface area contributed by atoms with E-state index in [0.717, 1.165) is 11.3 Å². The van der Waals surface area contributed by atoms with Gasteiger partial charge in [0.15, 0.2) is 0 Å². The molecule has 0 fully saturated rings. The largest absolute Gasteiger partial charge is 0.489 e. The molecule has 0 radical (unpaired) electrons. The van der Waals surface area contributed by atoms with E-state index in [9.17, 15) is 0 Å². The van der Waals surface area contributed by atoms with E-state index in [0.29, 0.717) is 28.1 Å². The van der Waals surface area contributed by atoms with E-state index >= 15 is 0 Å². The molecule has 20 heavy (non-hydrogen) atoms. The van der Waals surface area contributed by atoms with Crippen LogP contribution in [0.2, 0.25) is 10.2 Å². The Morgan fingerprint density at radius 1 is 1.45 bits per heavy atom. The summed E-state index contributed by atoms with van der Waals surface area (Å²) in [6, 6.07) is 5.17. The summed E-state index contributed by atoms with van der Waals surface area (Å²) in [5.74, 6) is 0.620. The number of benzene rings is 1. The van der Waals surface area contributed by atoms with E-state index in [2.05, 4.69) is 5.10 Å². The van der Waals surface area contributed by atoms with Gasteiger partial charge >= 0.3 is 0 Å². The number of nitrogens with zero attached hydrogens (tertiary/aromatic N) is 2. The molecule has 0 amide bonds. The van der Waals surface area contributed by atoms with Gasteiger partial charge in [-0.15, -0.1) is 0 Å². The Labute approximate surface area is 132 Å². The molecule has 0 saturated heterocycles. The molecule has 1 aromatic heterocycles. The minimum absolute atomic E-state index is 0.257. The lowest BCUT2D eigenvalue weighted by molar-refractivity contribution is 0.305. The van der Waals surface area contributed by atoms with E-state index in [1.54, 1.807) is 29.9 Å². The highest BCUT2D eigenvalue weighted by Gasteiger charge is 2.12. The molecule has 0 aliphatic rings. The van der Waals surface area contributed by atoms with Crippen LogP contribution < -0.4 is 10.5 Å². The summed E-state index contributed by atoms with van der Waals surface area (Å²) in [6.45, 7) is 2.20. The van der Waals surface area contributed by atoms with Crippen LogP contribution in [-0.2, 0) is 13.7 Å². The molecule has 2 N–H and O–H groups in total. The number of halogens is 2. The van der Waals surface area contributed by atoms with Gasteiger partial charge < -0.3 is 10.5 Å². The molecule has 1 aromatic carbocycles. The van der Waals surface area contributed by atoms with Crippen LogP contribution in [0.3, 0.4) is 0 Å². The summed E-state index contributed by atoms with van der Waals surface area (Å²) in [7, 11) is 1.78. The van der Waals surface area contributed by atoms with E-state index in [-0.39, 0.29) is 4.99 Å². The second-order valence-electron chi connectivity index (χ2n) is 4.27. The fraction of sp³-hybridized carbons (Fsp3) is 0.231. The predicted molar refractivity (Wildman–Crippen MR) is 84.6 cm³/mol. The molecular formula is C13H13Cl2N3OS. The molecule has 0 aliphatic carbocycles. The zero-order valence-corrected chi connectivity index (χ0v) is 13.3. The van der Waals surface area contributed by atoms with Gasteiger partial charge in [0.1, 0.15) is 22.5 Å². The molecule has 7 heteroatoms. The Morgan fingerprint density at radius 2 is 2.15 bits per heavy atom. The van der Waals surface area contributed by atoms with Crippen molar-refractivity contribution >= 4 is 40.4 Å². The average Bonchev–Trinajstić information content (AvgIpc) is 2.61.